The number of hydrogen-bond acceptors (Lipinski definition) is 4. The van der Waals surface area contributed by atoms with Gasteiger partial charge in [0.05, 0.1) is 11.1 Å². The van der Waals surface area contributed by atoms with Gasteiger partial charge in [0.15, 0.2) is 0 Å². The number of piperidine rings is 1. The summed E-state index contributed by atoms with van der Waals surface area (Å²) in [6, 6.07) is 14.3. The van der Waals surface area contributed by atoms with E-state index in [0.29, 0.717) is 49.4 Å². The molecule has 3 aromatic rings. The third kappa shape index (κ3) is 4.40. The number of nitrogens with zero attached hydrogens (tertiary/aromatic N) is 2. The van der Waals surface area contributed by atoms with Crippen LogP contribution in [-0.2, 0) is 11.2 Å². The third-order valence-electron chi connectivity index (χ3n) is 6.65. The highest BCUT2D eigenvalue weighted by atomic mass is 19.1. The Hall–Kier alpha value is -3.48. The zero-order valence-corrected chi connectivity index (χ0v) is 19.2. The summed E-state index contributed by atoms with van der Waals surface area (Å²) in [6.07, 6.45) is 1.56. The molecule has 2 amide bonds. The van der Waals surface area contributed by atoms with E-state index in [4.69, 9.17) is 4.52 Å². The normalized spacial score (nSPS) is 15.3. The Morgan fingerprint density at radius 3 is 2.48 bits per heavy atom. The average Bonchev–Trinajstić information content (AvgIpc) is 3.16. The van der Waals surface area contributed by atoms with E-state index in [2.05, 4.69) is 10.5 Å². The number of halogens is 1. The number of hydrogen-bond donors (Lipinski definition) is 1. The van der Waals surface area contributed by atoms with E-state index in [0.717, 1.165) is 16.7 Å². The van der Waals surface area contributed by atoms with Gasteiger partial charge in [-0.05, 0) is 61.9 Å². The highest BCUT2D eigenvalue weighted by Gasteiger charge is 2.42. The number of benzene rings is 2. The smallest absolute Gasteiger partial charge is 0.259 e. The molecule has 4 rings (SSSR count). The van der Waals surface area contributed by atoms with Crippen molar-refractivity contribution < 1.29 is 18.5 Å². The van der Waals surface area contributed by atoms with Gasteiger partial charge in [-0.25, -0.2) is 4.39 Å². The Bertz CT molecular complexity index is 1160. The van der Waals surface area contributed by atoms with E-state index in [-0.39, 0.29) is 17.6 Å². The van der Waals surface area contributed by atoms with Gasteiger partial charge >= 0.3 is 0 Å². The predicted molar refractivity (Wildman–Crippen MR) is 123 cm³/mol. The van der Waals surface area contributed by atoms with Gasteiger partial charge in [0.1, 0.15) is 17.1 Å². The number of carbonyl (C=O) groups excluding carboxylic acids is 2. The van der Waals surface area contributed by atoms with Crippen molar-refractivity contribution in [3.63, 3.8) is 0 Å². The number of amides is 2. The Labute approximate surface area is 192 Å². The van der Waals surface area contributed by atoms with Crippen molar-refractivity contribution in [2.24, 2.45) is 5.41 Å². The van der Waals surface area contributed by atoms with E-state index in [1.807, 2.05) is 30.3 Å². The van der Waals surface area contributed by atoms with Gasteiger partial charge in [-0.15, -0.1) is 0 Å². The molecule has 1 aliphatic rings. The lowest BCUT2D eigenvalue weighted by atomic mass is 9.72. The minimum Gasteiger partial charge on any atom is -0.361 e. The van der Waals surface area contributed by atoms with Crippen LogP contribution in [0.25, 0.3) is 11.1 Å². The second kappa shape index (κ2) is 9.17. The third-order valence-corrected chi connectivity index (χ3v) is 6.65. The minimum atomic E-state index is -0.659. The number of carbonyl (C=O) groups is 2. The molecule has 33 heavy (non-hydrogen) atoms. The predicted octanol–water partition coefficient (Wildman–Crippen LogP) is 4.31. The lowest BCUT2D eigenvalue weighted by Gasteiger charge is -2.41. The number of rotatable bonds is 5. The van der Waals surface area contributed by atoms with Crippen molar-refractivity contribution in [1.29, 1.82) is 0 Å². The second-order valence-corrected chi connectivity index (χ2v) is 8.70. The monoisotopic (exact) mass is 449 g/mol. The highest BCUT2D eigenvalue weighted by molar-refractivity contribution is 5.96. The van der Waals surface area contributed by atoms with Crippen LogP contribution in [0, 0.1) is 25.1 Å². The van der Waals surface area contributed by atoms with Gasteiger partial charge in [0.2, 0.25) is 5.91 Å². The summed E-state index contributed by atoms with van der Waals surface area (Å²) >= 11 is 0. The van der Waals surface area contributed by atoms with Crippen LogP contribution < -0.4 is 5.32 Å². The van der Waals surface area contributed by atoms with Crippen LogP contribution in [0.3, 0.4) is 0 Å². The molecule has 1 fully saturated rings. The SMILES string of the molecule is CNC(=O)C1(Cc2ccccc2-c2cccc(F)c2)CCN(C(=O)c2c(C)noc2C)CC1. The maximum atomic E-state index is 13.9. The van der Waals surface area contributed by atoms with Gasteiger partial charge in [-0.2, -0.15) is 0 Å². The Kier molecular flexibility index (Phi) is 6.31. The Morgan fingerprint density at radius 2 is 1.85 bits per heavy atom. The molecule has 0 unspecified atom stereocenters. The van der Waals surface area contributed by atoms with Crippen LogP contribution in [0.15, 0.2) is 53.1 Å². The largest absolute Gasteiger partial charge is 0.361 e. The van der Waals surface area contributed by atoms with Crippen LogP contribution in [-0.4, -0.2) is 42.0 Å². The summed E-state index contributed by atoms with van der Waals surface area (Å²) in [5.74, 6) is 0.0528. The number of aryl methyl sites for hydroxylation is 2. The van der Waals surface area contributed by atoms with Crippen LogP contribution in [0.1, 0.15) is 40.2 Å². The van der Waals surface area contributed by atoms with Crippen LogP contribution in [0.5, 0.6) is 0 Å². The maximum Gasteiger partial charge on any atom is 0.259 e. The fraction of sp³-hybridized carbons (Fsp3) is 0.346. The Balaban J connectivity index is 1.60. The molecule has 0 atom stereocenters. The second-order valence-electron chi connectivity index (χ2n) is 8.70. The topological polar surface area (TPSA) is 75.4 Å². The standard InChI is InChI=1S/C26H28FN3O3/c1-17-23(18(2)33-29-17)24(31)30-13-11-26(12-14-30,25(32)28-3)16-20-7-4-5-10-22(20)19-8-6-9-21(27)15-19/h4-10,15H,11-14,16H2,1-3H3,(H,28,32). The zero-order chi connectivity index (χ0) is 23.6. The molecule has 1 aliphatic heterocycles. The van der Waals surface area contributed by atoms with Crippen LogP contribution >= 0.6 is 0 Å². The van der Waals surface area contributed by atoms with E-state index >= 15 is 0 Å². The molecular weight excluding hydrogens is 421 g/mol. The van der Waals surface area contributed by atoms with Crippen molar-refractivity contribution in [2.75, 3.05) is 20.1 Å². The molecule has 7 heteroatoms. The van der Waals surface area contributed by atoms with E-state index < -0.39 is 5.41 Å². The lowest BCUT2D eigenvalue weighted by molar-refractivity contribution is -0.133. The van der Waals surface area contributed by atoms with Crippen molar-refractivity contribution in [1.82, 2.24) is 15.4 Å². The zero-order valence-electron chi connectivity index (χ0n) is 19.2. The Morgan fingerprint density at radius 1 is 1.12 bits per heavy atom. The number of likely N-dealkylation sites (tertiary alicyclic amines) is 1. The van der Waals surface area contributed by atoms with E-state index in [1.54, 1.807) is 31.9 Å². The molecule has 1 N–H and O–H groups in total. The first-order chi connectivity index (χ1) is 15.8. The molecule has 2 heterocycles. The molecule has 0 bridgehead atoms. The quantitative estimate of drug-likeness (QED) is 0.630. The maximum absolute atomic E-state index is 13.9. The summed E-state index contributed by atoms with van der Waals surface area (Å²) in [5.41, 5.74) is 3.09. The molecule has 0 aliphatic carbocycles. The molecule has 6 nitrogen and oxygen atoms in total. The summed E-state index contributed by atoms with van der Waals surface area (Å²) in [5, 5.41) is 6.72. The summed E-state index contributed by atoms with van der Waals surface area (Å²) < 4.78 is 19.0. The first-order valence-corrected chi connectivity index (χ1v) is 11.1. The molecular formula is C26H28FN3O3. The average molecular weight is 450 g/mol. The fourth-order valence-corrected chi connectivity index (χ4v) is 4.81. The molecule has 172 valence electrons. The summed E-state index contributed by atoms with van der Waals surface area (Å²) in [7, 11) is 1.64. The van der Waals surface area contributed by atoms with E-state index in [9.17, 15) is 14.0 Å². The number of nitrogens with one attached hydrogen (secondary N) is 1. The lowest BCUT2D eigenvalue weighted by Crippen LogP contribution is -2.50. The number of aromatic nitrogens is 1. The van der Waals surface area contributed by atoms with Crippen LogP contribution in [0.2, 0.25) is 0 Å². The van der Waals surface area contributed by atoms with Crippen molar-refractivity contribution in [3.8, 4) is 11.1 Å². The fourth-order valence-electron chi connectivity index (χ4n) is 4.81. The molecule has 1 aromatic heterocycles. The van der Waals surface area contributed by atoms with Gasteiger partial charge in [-0.1, -0.05) is 41.6 Å². The molecule has 2 aromatic carbocycles. The van der Waals surface area contributed by atoms with Gasteiger partial charge in [0, 0.05) is 20.1 Å². The van der Waals surface area contributed by atoms with Crippen molar-refractivity contribution in [3.05, 3.63) is 76.9 Å². The summed E-state index contributed by atoms with van der Waals surface area (Å²) in [4.78, 5) is 28.0. The van der Waals surface area contributed by atoms with E-state index in [1.165, 1.54) is 12.1 Å². The summed E-state index contributed by atoms with van der Waals surface area (Å²) in [6.45, 7) is 4.40. The van der Waals surface area contributed by atoms with Crippen molar-refractivity contribution in [2.45, 2.75) is 33.1 Å². The molecule has 1 saturated heterocycles. The minimum absolute atomic E-state index is 0.0408. The van der Waals surface area contributed by atoms with Gasteiger partial charge < -0.3 is 14.7 Å². The first kappa shape index (κ1) is 22.7. The van der Waals surface area contributed by atoms with Gasteiger partial charge in [0.25, 0.3) is 5.91 Å². The molecule has 0 radical (unpaired) electrons. The molecule has 0 spiro atoms. The van der Waals surface area contributed by atoms with Crippen molar-refractivity contribution >= 4 is 11.8 Å². The highest BCUT2D eigenvalue weighted by Crippen LogP contribution is 2.39. The first-order valence-electron chi connectivity index (χ1n) is 11.1. The van der Waals surface area contributed by atoms with Crippen LogP contribution in [0.4, 0.5) is 4.39 Å². The molecule has 0 saturated carbocycles. The van der Waals surface area contributed by atoms with Gasteiger partial charge in [-0.3, -0.25) is 9.59 Å².